The first-order chi connectivity index (χ1) is 10.6. The zero-order valence-electron chi connectivity index (χ0n) is 12.8. The van der Waals surface area contributed by atoms with E-state index in [1.54, 1.807) is 0 Å². The van der Waals surface area contributed by atoms with Gasteiger partial charge >= 0.3 is 0 Å². The summed E-state index contributed by atoms with van der Waals surface area (Å²) in [7, 11) is 0. The number of rotatable bonds is 4. The zero-order valence-corrected chi connectivity index (χ0v) is 13.6. The van der Waals surface area contributed by atoms with Crippen LogP contribution in [0.15, 0.2) is 53.4 Å². The third-order valence-electron chi connectivity index (χ3n) is 3.86. The van der Waals surface area contributed by atoms with E-state index in [1.807, 2.05) is 30.0 Å². The van der Waals surface area contributed by atoms with Gasteiger partial charge in [0.05, 0.1) is 0 Å². The molecule has 1 amide bonds. The van der Waals surface area contributed by atoms with Crippen LogP contribution in [-0.2, 0) is 4.79 Å². The first-order valence-corrected chi connectivity index (χ1v) is 8.47. The van der Waals surface area contributed by atoms with E-state index in [0.717, 1.165) is 11.4 Å². The fourth-order valence-corrected chi connectivity index (χ4v) is 3.96. The Hall–Kier alpha value is -1.78. The van der Waals surface area contributed by atoms with E-state index in [2.05, 4.69) is 47.9 Å². The zero-order chi connectivity index (χ0) is 15.5. The van der Waals surface area contributed by atoms with Crippen molar-refractivity contribution in [3.8, 4) is 0 Å². The molecule has 2 N–H and O–H groups in total. The molecule has 0 spiro atoms. The number of benzene rings is 2. The van der Waals surface area contributed by atoms with Gasteiger partial charge in [0, 0.05) is 35.3 Å². The highest BCUT2D eigenvalue weighted by Crippen LogP contribution is 2.38. The van der Waals surface area contributed by atoms with E-state index in [4.69, 9.17) is 0 Å². The van der Waals surface area contributed by atoms with Gasteiger partial charge in [-0.3, -0.25) is 4.79 Å². The number of thioether (sulfide) groups is 1. The van der Waals surface area contributed by atoms with Crippen molar-refractivity contribution >= 4 is 23.4 Å². The second-order valence-corrected chi connectivity index (χ2v) is 6.66. The van der Waals surface area contributed by atoms with E-state index < -0.39 is 0 Å². The van der Waals surface area contributed by atoms with E-state index in [-0.39, 0.29) is 11.9 Å². The normalized spacial score (nSPS) is 17.8. The molecule has 0 bridgehead atoms. The van der Waals surface area contributed by atoms with Gasteiger partial charge in [-0.15, -0.1) is 11.8 Å². The van der Waals surface area contributed by atoms with Crippen LogP contribution in [0, 0.1) is 0 Å². The lowest BCUT2D eigenvalue weighted by atomic mass is 10.0. The van der Waals surface area contributed by atoms with Crippen molar-refractivity contribution in [2.45, 2.75) is 30.8 Å². The van der Waals surface area contributed by atoms with Crippen molar-refractivity contribution in [2.75, 3.05) is 11.1 Å². The van der Waals surface area contributed by atoms with Gasteiger partial charge in [-0.05, 0) is 36.2 Å². The number of amides is 1. The van der Waals surface area contributed by atoms with Crippen LogP contribution in [-0.4, -0.2) is 11.7 Å². The van der Waals surface area contributed by atoms with Crippen LogP contribution in [0.3, 0.4) is 0 Å². The molecule has 3 nitrogen and oxygen atoms in total. The number of carbonyl (C=O) groups is 1. The average Bonchev–Trinajstić information content (AvgIpc) is 2.90. The molecule has 2 atom stereocenters. The maximum absolute atomic E-state index is 11.2. The number of anilines is 1. The van der Waals surface area contributed by atoms with Crippen molar-refractivity contribution < 1.29 is 4.79 Å². The van der Waals surface area contributed by atoms with Crippen molar-refractivity contribution in [1.82, 2.24) is 5.32 Å². The van der Waals surface area contributed by atoms with Gasteiger partial charge < -0.3 is 10.6 Å². The Labute approximate surface area is 135 Å². The second-order valence-electron chi connectivity index (χ2n) is 5.60. The Balaban J connectivity index is 1.73. The summed E-state index contributed by atoms with van der Waals surface area (Å²) in [6.45, 7) is 3.69. The molecule has 114 valence electrons. The van der Waals surface area contributed by atoms with Gasteiger partial charge in [0.1, 0.15) is 0 Å². The highest BCUT2D eigenvalue weighted by atomic mass is 32.2. The second kappa shape index (κ2) is 6.55. The Morgan fingerprint density at radius 3 is 2.86 bits per heavy atom. The molecule has 0 aromatic heterocycles. The van der Waals surface area contributed by atoms with Gasteiger partial charge in [-0.1, -0.05) is 30.3 Å². The van der Waals surface area contributed by atoms with Gasteiger partial charge in [0.2, 0.25) is 5.91 Å². The maximum atomic E-state index is 11.2. The minimum absolute atomic E-state index is 0.0427. The lowest BCUT2D eigenvalue weighted by molar-refractivity contribution is -0.114. The van der Waals surface area contributed by atoms with Gasteiger partial charge in [0.15, 0.2) is 0 Å². The van der Waals surface area contributed by atoms with Crippen LogP contribution in [0.2, 0.25) is 0 Å². The first-order valence-electron chi connectivity index (χ1n) is 7.49. The molecule has 0 aliphatic carbocycles. The van der Waals surface area contributed by atoms with Crippen molar-refractivity contribution in [1.29, 1.82) is 0 Å². The summed E-state index contributed by atoms with van der Waals surface area (Å²) >= 11 is 1.91. The topological polar surface area (TPSA) is 41.1 Å². The van der Waals surface area contributed by atoms with E-state index in [1.165, 1.54) is 22.9 Å². The Morgan fingerprint density at radius 1 is 1.23 bits per heavy atom. The quantitative estimate of drug-likeness (QED) is 0.891. The van der Waals surface area contributed by atoms with Crippen LogP contribution in [0.25, 0.3) is 0 Å². The number of hydrogen-bond donors (Lipinski definition) is 2. The van der Waals surface area contributed by atoms with Crippen LogP contribution in [0.5, 0.6) is 0 Å². The third-order valence-corrected chi connectivity index (χ3v) is 5.04. The molecule has 1 aliphatic heterocycles. The number of carbonyl (C=O) groups excluding carboxylic acids is 1. The molecule has 0 saturated heterocycles. The van der Waals surface area contributed by atoms with E-state index in [0.29, 0.717) is 6.04 Å². The lowest BCUT2D eigenvalue weighted by Gasteiger charge is -2.21. The van der Waals surface area contributed by atoms with Gasteiger partial charge in [-0.2, -0.15) is 0 Å². The SMILES string of the molecule is CC(=O)Nc1cccc([C@H](C)N[C@@H]2CSc3ccccc32)c1. The number of hydrogen-bond acceptors (Lipinski definition) is 3. The maximum Gasteiger partial charge on any atom is 0.221 e. The molecule has 4 heteroatoms. The molecule has 0 unspecified atom stereocenters. The standard InChI is InChI=1S/C18H20N2OS/c1-12(14-6-5-7-15(10-14)20-13(2)21)19-17-11-22-18-9-4-3-8-16(17)18/h3-10,12,17,19H,11H2,1-2H3,(H,20,21)/t12-,17+/m0/s1. The van der Waals surface area contributed by atoms with Crippen molar-refractivity contribution in [3.05, 3.63) is 59.7 Å². The molecule has 0 radical (unpaired) electrons. The fraction of sp³-hybridized carbons (Fsp3) is 0.278. The predicted octanol–water partition coefficient (Wildman–Crippen LogP) is 4.14. The minimum atomic E-state index is -0.0427. The highest BCUT2D eigenvalue weighted by Gasteiger charge is 2.24. The van der Waals surface area contributed by atoms with Crippen molar-refractivity contribution in [3.63, 3.8) is 0 Å². The summed E-state index contributed by atoms with van der Waals surface area (Å²) in [4.78, 5) is 12.6. The highest BCUT2D eigenvalue weighted by molar-refractivity contribution is 7.99. The Morgan fingerprint density at radius 2 is 2.05 bits per heavy atom. The molecular weight excluding hydrogens is 292 g/mol. The molecule has 0 saturated carbocycles. The van der Waals surface area contributed by atoms with Crippen LogP contribution in [0.1, 0.15) is 37.1 Å². The average molecular weight is 312 g/mol. The van der Waals surface area contributed by atoms with E-state index in [9.17, 15) is 4.79 Å². The summed E-state index contributed by atoms with van der Waals surface area (Å²) in [6, 6.07) is 17.2. The van der Waals surface area contributed by atoms with E-state index >= 15 is 0 Å². The number of fused-ring (bicyclic) bond motifs is 1. The van der Waals surface area contributed by atoms with Crippen molar-refractivity contribution in [2.24, 2.45) is 0 Å². The molecule has 0 fully saturated rings. The van der Waals surface area contributed by atoms with Crippen LogP contribution >= 0.6 is 11.8 Å². The lowest BCUT2D eigenvalue weighted by Crippen LogP contribution is -2.24. The van der Waals surface area contributed by atoms with Crippen LogP contribution in [0.4, 0.5) is 5.69 Å². The molecule has 3 rings (SSSR count). The Bertz CT molecular complexity index is 686. The Kier molecular flexibility index (Phi) is 4.50. The largest absolute Gasteiger partial charge is 0.326 e. The predicted molar refractivity (Wildman–Crippen MR) is 92.2 cm³/mol. The molecule has 1 heterocycles. The molecule has 22 heavy (non-hydrogen) atoms. The van der Waals surface area contributed by atoms with Gasteiger partial charge in [-0.25, -0.2) is 0 Å². The summed E-state index contributed by atoms with van der Waals surface area (Å²) in [5, 5.41) is 6.54. The fourth-order valence-electron chi connectivity index (χ4n) is 2.79. The monoisotopic (exact) mass is 312 g/mol. The molecule has 2 aromatic rings. The van der Waals surface area contributed by atoms with Gasteiger partial charge in [0.25, 0.3) is 0 Å². The third kappa shape index (κ3) is 3.34. The summed E-state index contributed by atoms with van der Waals surface area (Å²) < 4.78 is 0. The first kappa shape index (κ1) is 15.1. The minimum Gasteiger partial charge on any atom is -0.326 e. The molecule has 2 aromatic carbocycles. The summed E-state index contributed by atoms with van der Waals surface area (Å²) in [5.74, 6) is 1.02. The molecule has 1 aliphatic rings. The molecular formula is C18H20N2OS. The summed E-state index contributed by atoms with van der Waals surface area (Å²) in [6.07, 6.45) is 0. The number of nitrogens with one attached hydrogen (secondary N) is 2. The smallest absolute Gasteiger partial charge is 0.221 e. The van der Waals surface area contributed by atoms with Crippen LogP contribution < -0.4 is 10.6 Å². The summed E-state index contributed by atoms with van der Waals surface area (Å²) in [5.41, 5.74) is 3.41.